The smallest absolute Gasteiger partial charge is 0.303 e. The Labute approximate surface area is 95.5 Å². The third kappa shape index (κ3) is 2.83. The lowest BCUT2D eigenvalue weighted by Crippen LogP contribution is -2.11. The second-order valence-electron chi connectivity index (χ2n) is 4.28. The van der Waals surface area contributed by atoms with Gasteiger partial charge in [0.1, 0.15) is 0 Å². The van der Waals surface area contributed by atoms with Gasteiger partial charge in [0.2, 0.25) is 0 Å². The first kappa shape index (κ1) is 11.1. The molecule has 0 amide bonds. The van der Waals surface area contributed by atoms with Gasteiger partial charge in [-0.15, -0.1) is 0 Å². The van der Waals surface area contributed by atoms with Crippen LogP contribution in [-0.2, 0) is 24.2 Å². The van der Waals surface area contributed by atoms with Gasteiger partial charge in [-0.3, -0.25) is 4.79 Å². The van der Waals surface area contributed by atoms with Crippen LogP contribution in [0.1, 0.15) is 29.5 Å². The third-order valence-corrected chi connectivity index (χ3v) is 3.01. The molecule has 0 spiro atoms. The molecule has 2 N–H and O–H groups in total. The van der Waals surface area contributed by atoms with Crippen LogP contribution < -0.4 is 5.32 Å². The molecule has 1 aromatic carbocycles. The maximum atomic E-state index is 10.5. The molecule has 1 heterocycles. The Morgan fingerprint density at radius 1 is 1.38 bits per heavy atom. The SMILES string of the molecule is O=C(O)CCc1ccc2c(c1)CCCNC2. The minimum atomic E-state index is -0.725. The molecule has 0 atom stereocenters. The average Bonchev–Trinajstić information content (AvgIpc) is 2.50. The first-order valence-corrected chi connectivity index (χ1v) is 5.79. The highest BCUT2D eigenvalue weighted by Crippen LogP contribution is 2.17. The van der Waals surface area contributed by atoms with E-state index < -0.39 is 5.97 Å². The van der Waals surface area contributed by atoms with Gasteiger partial charge in [0.05, 0.1) is 0 Å². The molecule has 0 radical (unpaired) electrons. The van der Waals surface area contributed by atoms with Gasteiger partial charge in [0, 0.05) is 13.0 Å². The first-order valence-electron chi connectivity index (χ1n) is 5.79. The minimum absolute atomic E-state index is 0.219. The molecule has 1 aromatic rings. The summed E-state index contributed by atoms with van der Waals surface area (Å²) in [6.45, 7) is 2.01. The molecule has 0 fully saturated rings. The van der Waals surface area contributed by atoms with Crippen molar-refractivity contribution < 1.29 is 9.90 Å². The molecule has 0 unspecified atom stereocenters. The molecule has 0 aromatic heterocycles. The molecule has 3 heteroatoms. The van der Waals surface area contributed by atoms with Crippen molar-refractivity contribution in [2.75, 3.05) is 6.54 Å². The molecule has 0 saturated carbocycles. The Bertz CT molecular complexity index is 388. The summed E-state index contributed by atoms with van der Waals surface area (Å²) in [7, 11) is 0. The first-order chi connectivity index (χ1) is 7.75. The number of hydrogen-bond donors (Lipinski definition) is 2. The van der Waals surface area contributed by atoms with Crippen LogP contribution in [0.2, 0.25) is 0 Å². The van der Waals surface area contributed by atoms with Crippen LogP contribution in [0.5, 0.6) is 0 Å². The Morgan fingerprint density at radius 3 is 3.06 bits per heavy atom. The molecular weight excluding hydrogens is 202 g/mol. The highest BCUT2D eigenvalue weighted by atomic mass is 16.4. The zero-order valence-electron chi connectivity index (χ0n) is 9.33. The Morgan fingerprint density at radius 2 is 2.25 bits per heavy atom. The molecule has 3 nitrogen and oxygen atoms in total. The van der Waals surface area contributed by atoms with Crippen LogP contribution in [0.4, 0.5) is 0 Å². The van der Waals surface area contributed by atoms with Crippen molar-refractivity contribution in [3.8, 4) is 0 Å². The number of carboxylic acids is 1. The second-order valence-corrected chi connectivity index (χ2v) is 4.28. The number of nitrogens with one attached hydrogen (secondary N) is 1. The van der Waals surface area contributed by atoms with Crippen LogP contribution in [0.25, 0.3) is 0 Å². The van der Waals surface area contributed by atoms with E-state index in [0.29, 0.717) is 6.42 Å². The second kappa shape index (κ2) is 5.12. The lowest BCUT2D eigenvalue weighted by molar-refractivity contribution is -0.136. The number of fused-ring (bicyclic) bond motifs is 1. The fourth-order valence-electron chi connectivity index (χ4n) is 2.12. The number of aryl methyl sites for hydroxylation is 2. The lowest BCUT2D eigenvalue weighted by atomic mass is 9.99. The maximum absolute atomic E-state index is 10.5. The van der Waals surface area contributed by atoms with Crippen LogP contribution in [0.3, 0.4) is 0 Å². The van der Waals surface area contributed by atoms with Crippen molar-refractivity contribution in [2.45, 2.75) is 32.2 Å². The molecule has 0 aliphatic carbocycles. The maximum Gasteiger partial charge on any atom is 0.303 e. The standard InChI is InChI=1S/C13H17NO2/c15-13(16)6-4-10-3-5-12-9-14-7-1-2-11(12)8-10/h3,5,8,14H,1-2,4,6-7,9H2,(H,15,16). The summed E-state index contributed by atoms with van der Waals surface area (Å²) in [6, 6.07) is 6.35. The number of aliphatic carboxylic acids is 1. The summed E-state index contributed by atoms with van der Waals surface area (Å²) in [5.74, 6) is -0.725. The summed E-state index contributed by atoms with van der Waals surface area (Å²) in [4.78, 5) is 10.5. The van der Waals surface area contributed by atoms with Crippen molar-refractivity contribution in [1.29, 1.82) is 0 Å². The molecular formula is C13H17NO2. The molecule has 0 bridgehead atoms. The molecule has 0 saturated heterocycles. The predicted octanol–water partition coefficient (Wildman–Crippen LogP) is 1.74. The van der Waals surface area contributed by atoms with Crippen molar-refractivity contribution in [1.82, 2.24) is 5.32 Å². The van der Waals surface area contributed by atoms with Gasteiger partial charge in [0.15, 0.2) is 0 Å². The van der Waals surface area contributed by atoms with Crippen molar-refractivity contribution in [3.63, 3.8) is 0 Å². The highest BCUT2D eigenvalue weighted by molar-refractivity contribution is 5.67. The Hall–Kier alpha value is -1.35. The van der Waals surface area contributed by atoms with Gasteiger partial charge in [-0.25, -0.2) is 0 Å². The van der Waals surface area contributed by atoms with E-state index in [1.165, 1.54) is 11.1 Å². The van der Waals surface area contributed by atoms with Crippen LogP contribution in [0.15, 0.2) is 18.2 Å². The van der Waals surface area contributed by atoms with Crippen LogP contribution >= 0.6 is 0 Å². The summed E-state index contributed by atoms with van der Waals surface area (Å²) >= 11 is 0. The van der Waals surface area contributed by atoms with E-state index in [2.05, 4.69) is 23.5 Å². The number of carbonyl (C=O) groups is 1. The van der Waals surface area contributed by atoms with Crippen LogP contribution in [0, 0.1) is 0 Å². The fraction of sp³-hybridized carbons (Fsp3) is 0.462. The fourth-order valence-corrected chi connectivity index (χ4v) is 2.12. The summed E-state index contributed by atoms with van der Waals surface area (Å²) in [6.07, 6.45) is 3.12. The minimum Gasteiger partial charge on any atom is -0.481 e. The number of benzene rings is 1. The van der Waals surface area contributed by atoms with E-state index in [0.717, 1.165) is 31.5 Å². The summed E-state index contributed by atoms with van der Waals surface area (Å²) < 4.78 is 0. The van der Waals surface area contributed by atoms with E-state index in [1.807, 2.05) is 0 Å². The van der Waals surface area contributed by atoms with Crippen molar-refractivity contribution in [3.05, 3.63) is 34.9 Å². The van der Waals surface area contributed by atoms with Gasteiger partial charge in [-0.05, 0) is 42.5 Å². The summed E-state index contributed by atoms with van der Waals surface area (Å²) in [5, 5.41) is 12.0. The van der Waals surface area contributed by atoms with Crippen LogP contribution in [-0.4, -0.2) is 17.6 Å². The lowest BCUT2D eigenvalue weighted by Gasteiger charge is -2.07. The number of rotatable bonds is 3. The predicted molar refractivity (Wildman–Crippen MR) is 62.4 cm³/mol. The quantitative estimate of drug-likeness (QED) is 0.814. The van der Waals surface area contributed by atoms with E-state index >= 15 is 0 Å². The monoisotopic (exact) mass is 219 g/mol. The normalized spacial score (nSPS) is 15.2. The largest absolute Gasteiger partial charge is 0.481 e. The van der Waals surface area contributed by atoms with E-state index in [4.69, 9.17) is 5.11 Å². The van der Waals surface area contributed by atoms with Gasteiger partial charge in [-0.2, -0.15) is 0 Å². The van der Waals surface area contributed by atoms with Gasteiger partial charge >= 0.3 is 5.97 Å². The molecule has 1 aliphatic rings. The number of hydrogen-bond acceptors (Lipinski definition) is 2. The zero-order chi connectivity index (χ0) is 11.4. The van der Waals surface area contributed by atoms with Crippen molar-refractivity contribution in [2.24, 2.45) is 0 Å². The number of carboxylic acid groups (broad SMARTS) is 1. The van der Waals surface area contributed by atoms with E-state index in [-0.39, 0.29) is 6.42 Å². The summed E-state index contributed by atoms with van der Waals surface area (Å²) in [5.41, 5.74) is 3.88. The highest BCUT2D eigenvalue weighted by Gasteiger charge is 2.08. The third-order valence-electron chi connectivity index (χ3n) is 3.01. The molecule has 86 valence electrons. The van der Waals surface area contributed by atoms with Gasteiger partial charge in [-0.1, -0.05) is 18.2 Å². The van der Waals surface area contributed by atoms with Crippen molar-refractivity contribution >= 4 is 5.97 Å². The molecule has 16 heavy (non-hydrogen) atoms. The van der Waals surface area contributed by atoms with E-state index in [9.17, 15) is 4.79 Å². The zero-order valence-corrected chi connectivity index (χ0v) is 9.33. The average molecular weight is 219 g/mol. The topological polar surface area (TPSA) is 49.3 Å². The van der Waals surface area contributed by atoms with E-state index in [1.54, 1.807) is 0 Å². The Balaban J connectivity index is 2.11. The van der Waals surface area contributed by atoms with Gasteiger partial charge in [0.25, 0.3) is 0 Å². The molecule has 2 rings (SSSR count). The van der Waals surface area contributed by atoms with Gasteiger partial charge < -0.3 is 10.4 Å². The Kier molecular flexibility index (Phi) is 3.57. The molecule has 1 aliphatic heterocycles.